The van der Waals surface area contributed by atoms with Crippen LogP contribution in [0.2, 0.25) is 0 Å². The van der Waals surface area contributed by atoms with Crippen molar-refractivity contribution >= 4 is 33.2 Å². The maximum atomic E-state index is 12.2. The van der Waals surface area contributed by atoms with Crippen LogP contribution in [0.4, 0.5) is 0 Å². The molecule has 0 fully saturated rings. The molecule has 2 heterocycles. The number of carbonyl (C=O) groups is 1. The minimum atomic E-state index is -0.917. The number of carboxylic acids is 1. The van der Waals surface area contributed by atoms with Crippen molar-refractivity contribution in [3.63, 3.8) is 0 Å². The van der Waals surface area contributed by atoms with E-state index in [-0.39, 0.29) is 12.0 Å². The van der Waals surface area contributed by atoms with Crippen LogP contribution in [0.3, 0.4) is 0 Å². The van der Waals surface area contributed by atoms with Crippen LogP contribution in [0.5, 0.6) is 0 Å². The van der Waals surface area contributed by atoms with Crippen LogP contribution in [0.15, 0.2) is 35.3 Å². The van der Waals surface area contributed by atoms with E-state index in [0.29, 0.717) is 20.7 Å². The number of hydrogen-bond acceptors (Lipinski definition) is 4. The number of nitrogens with zero attached hydrogens (tertiary/aromatic N) is 2. The molecule has 0 saturated heterocycles. The summed E-state index contributed by atoms with van der Waals surface area (Å²) in [4.78, 5) is 28.3. The Balaban J connectivity index is 2.33. The van der Waals surface area contributed by atoms with Crippen molar-refractivity contribution < 1.29 is 9.90 Å². The third-order valence-corrected chi connectivity index (χ3v) is 3.58. The zero-order valence-corrected chi connectivity index (χ0v) is 9.98. The van der Waals surface area contributed by atoms with Gasteiger partial charge in [-0.15, -0.1) is 11.3 Å². The number of fused-ring (bicyclic) bond motifs is 2. The molecule has 0 aliphatic heterocycles. The molecule has 90 valence electrons. The van der Waals surface area contributed by atoms with E-state index in [4.69, 9.17) is 5.11 Å². The molecule has 2 aromatic heterocycles. The number of carboxylic acid groups (broad SMARTS) is 1. The zero-order valence-electron chi connectivity index (χ0n) is 9.16. The number of aliphatic carboxylic acids is 1. The van der Waals surface area contributed by atoms with Gasteiger partial charge in [0.25, 0.3) is 5.56 Å². The van der Waals surface area contributed by atoms with Gasteiger partial charge in [-0.3, -0.25) is 14.0 Å². The Morgan fingerprint density at radius 2 is 2.17 bits per heavy atom. The summed E-state index contributed by atoms with van der Waals surface area (Å²) >= 11 is 1.23. The van der Waals surface area contributed by atoms with Crippen molar-refractivity contribution in [2.24, 2.45) is 0 Å². The van der Waals surface area contributed by atoms with Crippen LogP contribution in [-0.4, -0.2) is 20.5 Å². The normalized spacial score (nSPS) is 11.1. The van der Waals surface area contributed by atoms with Crippen LogP contribution in [-0.2, 0) is 11.2 Å². The topological polar surface area (TPSA) is 71.7 Å². The van der Waals surface area contributed by atoms with Gasteiger partial charge in [-0.2, -0.15) is 0 Å². The van der Waals surface area contributed by atoms with Gasteiger partial charge in [-0.05, 0) is 12.1 Å². The average molecular weight is 260 g/mol. The van der Waals surface area contributed by atoms with Crippen LogP contribution in [0.25, 0.3) is 15.9 Å². The lowest BCUT2D eigenvalue weighted by Crippen LogP contribution is -2.12. The van der Waals surface area contributed by atoms with E-state index in [9.17, 15) is 9.59 Å². The first-order valence-corrected chi connectivity index (χ1v) is 6.08. The third kappa shape index (κ3) is 1.67. The Morgan fingerprint density at radius 1 is 1.39 bits per heavy atom. The second kappa shape index (κ2) is 3.92. The molecular weight excluding hydrogens is 252 g/mol. The van der Waals surface area contributed by atoms with Gasteiger partial charge in [-0.25, -0.2) is 4.98 Å². The molecule has 5 nitrogen and oxygen atoms in total. The molecule has 1 N–H and O–H groups in total. The highest BCUT2D eigenvalue weighted by molar-refractivity contribution is 7.17. The van der Waals surface area contributed by atoms with Gasteiger partial charge in [-0.1, -0.05) is 12.1 Å². The van der Waals surface area contributed by atoms with Crippen molar-refractivity contribution in [3.05, 3.63) is 45.7 Å². The zero-order chi connectivity index (χ0) is 12.7. The van der Waals surface area contributed by atoms with E-state index in [1.807, 2.05) is 6.07 Å². The van der Waals surface area contributed by atoms with Gasteiger partial charge in [0, 0.05) is 11.1 Å². The van der Waals surface area contributed by atoms with Gasteiger partial charge in [0.05, 0.1) is 17.3 Å². The number of hydrogen-bond donors (Lipinski definition) is 1. The maximum Gasteiger partial charge on any atom is 0.308 e. The molecule has 6 heteroatoms. The van der Waals surface area contributed by atoms with Crippen LogP contribution in [0, 0.1) is 0 Å². The van der Waals surface area contributed by atoms with Crippen LogP contribution >= 0.6 is 11.3 Å². The second-order valence-corrected chi connectivity index (χ2v) is 4.95. The van der Waals surface area contributed by atoms with Crippen molar-refractivity contribution in [2.75, 3.05) is 0 Å². The minimum absolute atomic E-state index is 0.0934. The molecule has 3 rings (SSSR count). The molecule has 0 aliphatic rings. The molecule has 18 heavy (non-hydrogen) atoms. The van der Waals surface area contributed by atoms with E-state index < -0.39 is 5.97 Å². The molecule has 1 aromatic carbocycles. The number of thiazole rings is 1. The number of aromatic nitrogens is 2. The summed E-state index contributed by atoms with van der Waals surface area (Å²) in [6.45, 7) is 0. The standard InChI is InChI=1S/C12H8N2O3S/c15-10(16)5-7-6-14-11(17)8-3-1-2-4-9(8)13-12(14)18-7/h1-4,6H,5H2,(H,15,16). The molecule has 0 bridgehead atoms. The van der Waals surface area contributed by atoms with E-state index in [0.717, 1.165) is 0 Å². The second-order valence-electron chi connectivity index (χ2n) is 3.85. The lowest BCUT2D eigenvalue weighted by atomic mass is 10.2. The molecule has 3 aromatic rings. The van der Waals surface area contributed by atoms with E-state index >= 15 is 0 Å². The summed E-state index contributed by atoms with van der Waals surface area (Å²) in [6, 6.07) is 7.08. The van der Waals surface area contributed by atoms with Crippen molar-refractivity contribution in [1.29, 1.82) is 0 Å². The monoisotopic (exact) mass is 260 g/mol. The molecule has 0 spiro atoms. The lowest BCUT2D eigenvalue weighted by molar-refractivity contribution is -0.136. The molecule has 0 amide bonds. The molecule has 0 atom stereocenters. The third-order valence-electron chi connectivity index (χ3n) is 2.60. The van der Waals surface area contributed by atoms with Crippen molar-refractivity contribution in [2.45, 2.75) is 6.42 Å². The van der Waals surface area contributed by atoms with E-state index in [2.05, 4.69) is 4.98 Å². The highest BCUT2D eigenvalue weighted by atomic mass is 32.1. The van der Waals surface area contributed by atoms with Crippen molar-refractivity contribution in [1.82, 2.24) is 9.38 Å². The lowest BCUT2D eigenvalue weighted by Gasteiger charge is -1.96. The first kappa shape index (κ1) is 10.9. The fourth-order valence-electron chi connectivity index (χ4n) is 1.83. The summed E-state index contributed by atoms with van der Waals surface area (Å²) in [5, 5.41) is 9.29. The summed E-state index contributed by atoms with van der Waals surface area (Å²) in [6.07, 6.45) is 1.46. The molecule has 0 unspecified atom stereocenters. The van der Waals surface area contributed by atoms with Gasteiger partial charge in [0.2, 0.25) is 0 Å². The molecule has 0 radical (unpaired) electrons. The fraction of sp³-hybridized carbons (Fsp3) is 0.0833. The van der Waals surface area contributed by atoms with Gasteiger partial charge in [0.1, 0.15) is 0 Å². The smallest absolute Gasteiger partial charge is 0.308 e. The summed E-state index contributed by atoms with van der Waals surface area (Å²) in [5.41, 5.74) is 0.467. The SMILES string of the molecule is O=C(O)Cc1cn2c(=O)c3ccccc3nc2s1. The Bertz CT molecular complexity index is 819. The Morgan fingerprint density at radius 3 is 2.94 bits per heavy atom. The van der Waals surface area contributed by atoms with E-state index in [1.54, 1.807) is 24.4 Å². The molecule has 0 aliphatic carbocycles. The quantitative estimate of drug-likeness (QED) is 0.758. The van der Waals surface area contributed by atoms with Gasteiger partial charge < -0.3 is 5.11 Å². The first-order chi connectivity index (χ1) is 8.65. The minimum Gasteiger partial charge on any atom is -0.481 e. The predicted octanol–water partition coefficient (Wildman–Crippen LogP) is 1.54. The van der Waals surface area contributed by atoms with Gasteiger partial charge in [0.15, 0.2) is 4.96 Å². The Labute approximate surface area is 105 Å². The highest BCUT2D eigenvalue weighted by Gasteiger charge is 2.10. The number of para-hydroxylation sites is 1. The number of benzene rings is 1. The number of rotatable bonds is 2. The van der Waals surface area contributed by atoms with Gasteiger partial charge >= 0.3 is 5.97 Å². The average Bonchev–Trinajstić information content (AvgIpc) is 2.71. The first-order valence-electron chi connectivity index (χ1n) is 5.27. The Hall–Kier alpha value is -2.21. The predicted molar refractivity (Wildman–Crippen MR) is 68.2 cm³/mol. The summed E-state index contributed by atoms with van der Waals surface area (Å²) in [7, 11) is 0. The fourth-order valence-corrected chi connectivity index (χ4v) is 2.80. The Kier molecular flexibility index (Phi) is 2.38. The van der Waals surface area contributed by atoms with Crippen LogP contribution in [0.1, 0.15) is 4.88 Å². The van der Waals surface area contributed by atoms with Crippen LogP contribution < -0.4 is 5.56 Å². The summed E-state index contributed by atoms with van der Waals surface area (Å²) < 4.78 is 1.41. The van der Waals surface area contributed by atoms with Crippen molar-refractivity contribution in [3.8, 4) is 0 Å². The molecule has 0 saturated carbocycles. The molecular formula is C12H8N2O3S. The van der Waals surface area contributed by atoms with E-state index in [1.165, 1.54) is 15.7 Å². The maximum absolute atomic E-state index is 12.2. The largest absolute Gasteiger partial charge is 0.481 e. The summed E-state index contributed by atoms with van der Waals surface area (Å²) in [5.74, 6) is -0.917. The highest BCUT2D eigenvalue weighted by Crippen LogP contribution is 2.17.